The molecule has 11 heavy (non-hydrogen) atoms. The number of rotatable bonds is 1. The van der Waals surface area contributed by atoms with Crippen LogP contribution in [-0.2, 0) is 12.8 Å². The van der Waals surface area contributed by atoms with E-state index < -0.39 is 0 Å². The third kappa shape index (κ3) is 1.07. The van der Waals surface area contributed by atoms with Gasteiger partial charge in [0.15, 0.2) is 0 Å². The van der Waals surface area contributed by atoms with Crippen LogP contribution >= 0.6 is 0 Å². The summed E-state index contributed by atoms with van der Waals surface area (Å²) in [6.45, 7) is 2.15. The van der Waals surface area contributed by atoms with E-state index in [4.69, 9.17) is 0 Å². The smallest absolute Gasteiger partial charge is 0.0513 e. The van der Waals surface area contributed by atoms with Crippen LogP contribution in [0.15, 0.2) is 18.3 Å². The number of fused-ring (bicyclic) bond motifs is 1. The molecule has 1 aliphatic rings. The van der Waals surface area contributed by atoms with Crippen molar-refractivity contribution in [2.45, 2.75) is 19.8 Å². The molecule has 1 aromatic heterocycles. The molecule has 0 saturated heterocycles. The average Bonchev–Trinajstić information content (AvgIpc) is 2.50. The summed E-state index contributed by atoms with van der Waals surface area (Å²) >= 11 is 0. The first-order valence-electron chi connectivity index (χ1n) is 4.04. The van der Waals surface area contributed by atoms with Gasteiger partial charge >= 0.3 is 0 Å². The lowest BCUT2D eigenvalue weighted by atomic mass is 10.1. The van der Waals surface area contributed by atoms with Gasteiger partial charge in [-0.3, -0.25) is 4.98 Å². The van der Waals surface area contributed by atoms with Crippen LogP contribution in [0.3, 0.4) is 0 Å². The Hall–Kier alpha value is -1.11. The molecule has 0 aliphatic heterocycles. The van der Waals surface area contributed by atoms with Crippen molar-refractivity contribution >= 4 is 6.08 Å². The van der Waals surface area contributed by atoms with Gasteiger partial charge in [-0.05, 0) is 23.6 Å². The molecule has 0 bridgehead atoms. The summed E-state index contributed by atoms with van der Waals surface area (Å²) in [5, 5.41) is 0. The molecule has 0 N–H and O–H groups in total. The van der Waals surface area contributed by atoms with Gasteiger partial charge in [0.2, 0.25) is 0 Å². The Morgan fingerprint density at radius 3 is 3.27 bits per heavy atom. The van der Waals surface area contributed by atoms with E-state index in [1.54, 1.807) is 0 Å². The Labute approximate surface area is 66.8 Å². The quantitative estimate of drug-likeness (QED) is 0.590. The van der Waals surface area contributed by atoms with E-state index >= 15 is 0 Å². The Bertz CT molecular complexity index is 300. The fourth-order valence-corrected chi connectivity index (χ4v) is 1.36. The molecular weight excluding hydrogens is 134 g/mol. The lowest BCUT2D eigenvalue weighted by molar-refractivity contribution is 1.05. The maximum atomic E-state index is 4.37. The van der Waals surface area contributed by atoms with Gasteiger partial charge < -0.3 is 0 Å². The maximum absolute atomic E-state index is 4.37. The summed E-state index contributed by atoms with van der Waals surface area (Å²) in [7, 11) is 0. The predicted molar refractivity (Wildman–Crippen MR) is 46.4 cm³/mol. The molecule has 0 unspecified atom stereocenters. The molecule has 0 aromatic carbocycles. The Kier molecular flexibility index (Phi) is 1.50. The second kappa shape index (κ2) is 2.50. The molecule has 0 atom stereocenters. The van der Waals surface area contributed by atoms with Crippen molar-refractivity contribution in [2.75, 3.05) is 0 Å². The zero-order valence-corrected chi connectivity index (χ0v) is 6.67. The number of aryl methyl sites for hydroxylation is 1. The first kappa shape index (κ1) is 6.59. The fourth-order valence-electron chi connectivity index (χ4n) is 1.36. The van der Waals surface area contributed by atoms with E-state index in [2.05, 4.69) is 30.1 Å². The molecule has 1 heterocycles. The Morgan fingerprint density at radius 1 is 1.55 bits per heavy atom. The van der Waals surface area contributed by atoms with Gasteiger partial charge in [0.25, 0.3) is 0 Å². The highest BCUT2D eigenvalue weighted by Gasteiger charge is 2.05. The van der Waals surface area contributed by atoms with Crippen LogP contribution in [-0.4, -0.2) is 4.98 Å². The van der Waals surface area contributed by atoms with Crippen LogP contribution in [0.1, 0.15) is 23.7 Å². The van der Waals surface area contributed by atoms with Crippen LogP contribution in [0.2, 0.25) is 0 Å². The van der Waals surface area contributed by atoms with Gasteiger partial charge in [-0.2, -0.15) is 0 Å². The minimum atomic E-state index is 1.01. The van der Waals surface area contributed by atoms with Crippen molar-refractivity contribution in [3.05, 3.63) is 35.2 Å². The standard InChI is InChI=1S/C10H11N/c1-2-8-6-9-4-3-5-10(9)11-7-8/h3-4,6-7H,2,5H2,1H3. The number of pyridine rings is 1. The Balaban J connectivity index is 2.47. The minimum absolute atomic E-state index is 1.01. The van der Waals surface area contributed by atoms with Crippen LogP contribution in [0.25, 0.3) is 6.08 Å². The summed E-state index contributed by atoms with van der Waals surface area (Å²) in [4.78, 5) is 4.37. The second-order valence-corrected chi connectivity index (χ2v) is 2.84. The molecular formula is C10H11N. The molecule has 0 radical (unpaired) electrons. The number of nitrogens with zero attached hydrogens (tertiary/aromatic N) is 1. The van der Waals surface area contributed by atoms with E-state index in [-0.39, 0.29) is 0 Å². The van der Waals surface area contributed by atoms with E-state index in [9.17, 15) is 0 Å². The van der Waals surface area contributed by atoms with Crippen molar-refractivity contribution in [1.29, 1.82) is 0 Å². The largest absolute Gasteiger partial charge is 0.260 e. The van der Waals surface area contributed by atoms with Crippen molar-refractivity contribution in [1.82, 2.24) is 4.98 Å². The number of allylic oxidation sites excluding steroid dienone is 1. The van der Waals surface area contributed by atoms with E-state index in [0.717, 1.165) is 12.8 Å². The fraction of sp³-hybridized carbons (Fsp3) is 0.300. The zero-order valence-electron chi connectivity index (χ0n) is 6.67. The monoisotopic (exact) mass is 145 g/mol. The molecule has 1 aliphatic carbocycles. The van der Waals surface area contributed by atoms with Crippen LogP contribution in [0.5, 0.6) is 0 Å². The highest BCUT2D eigenvalue weighted by Crippen LogP contribution is 2.17. The molecule has 0 fully saturated rings. The van der Waals surface area contributed by atoms with Gasteiger partial charge in [-0.1, -0.05) is 19.1 Å². The van der Waals surface area contributed by atoms with E-state index in [1.165, 1.54) is 16.8 Å². The highest BCUT2D eigenvalue weighted by molar-refractivity contribution is 5.58. The van der Waals surface area contributed by atoms with E-state index in [1.807, 2.05) is 6.20 Å². The van der Waals surface area contributed by atoms with Crippen molar-refractivity contribution < 1.29 is 0 Å². The van der Waals surface area contributed by atoms with Gasteiger partial charge in [0.1, 0.15) is 0 Å². The molecule has 0 amide bonds. The van der Waals surface area contributed by atoms with Crippen LogP contribution in [0, 0.1) is 0 Å². The number of aromatic nitrogens is 1. The van der Waals surface area contributed by atoms with Gasteiger partial charge in [-0.15, -0.1) is 0 Å². The Morgan fingerprint density at radius 2 is 2.45 bits per heavy atom. The lowest BCUT2D eigenvalue weighted by Crippen LogP contribution is -1.90. The molecule has 0 saturated carbocycles. The molecule has 1 nitrogen and oxygen atoms in total. The molecule has 1 aromatic rings. The van der Waals surface area contributed by atoms with Gasteiger partial charge in [-0.25, -0.2) is 0 Å². The molecule has 1 heteroatoms. The predicted octanol–water partition coefficient (Wildman–Crippen LogP) is 2.21. The first-order valence-corrected chi connectivity index (χ1v) is 4.04. The normalized spacial score (nSPS) is 13.5. The third-order valence-corrected chi connectivity index (χ3v) is 2.08. The average molecular weight is 145 g/mol. The van der Waals surface area contributed by atoms with Crippen LogP contribution in [0.4, 0.5) is 0 Å². The summed E-state index contributed by atoms with van der Waals surface area (Å²) in [5.41, 5.74) is 3.86. The number of hydrogen-bond donors (Lipinski definition) is 0. The lowest BCUT2D eigenvalue weighted by Gasteiger charge is -1.99. The minimum Gasteiger partial charge on any atom is -0.260 e. The number of hydrogen-bond acceptors (Lipinski definition) is 1. The van der Waals surface area contributed by atoms with Crippen molar-refractivity contribution in [3.63, 3.8) is 0 Å². The van der Waals surface area contributed by atoms with Gasteiger partial charge in [0.05, 0.1) is 5.69 Å². The van der Waals surface area contributed by atoms with Crippen LogP contribution < -0.4 is 0 Å². The van der Waals surface area contributed by atoms with Crippen molar-refractivity contribution in [3.8, 4) is 0 Å². The van der Waals surface area contributed by atoms with Crippen molar-refractivity contribution in [2.24, 2.45) is 0 Å². The first-order chi connectivity index (χ1) is 5.40. The maximum Gasteiger partial charge on any atom is 0.0513 e. The molecule has 56 valence electrons. The topological polar surface area (TPSA) is 12.9 Å². The van der Waals surface area contributed by atoms with E-state index in [0.29, 0.717) is 0 Å². The summed E-state index contributed by atoms with van der Waals surface area (Å²) in [5.74, 6) is 0. The van der Waals surface area contributed by atoms with Gasteiger partial charge in [0, 0.05) is 12.6 Å². The second-order valence-electron chi connectivity index (χ2n) is 2.84. The highest BCUT2D eigenvalue weighted by atomic mass is 14.7. The molecule has 0 spiro atoms. The third-order valence-electron chi connectivity index (χ3n) is 2.08. The summed E-state index contributed by atoms with van der Waals surface area (Å²) < 4.78 is 0. The molecule has 2 rings (SSSR count). The summed E-state index contributed by atoms with van der Waals surface area (Å²) in [6.07, 6.45) is 8.39. The zero-order chi connectivity index (χ0) is 7.68. The SMILES string of the molecule is CCc1cnc2c(c1)C=CC2. The summed E-state index contributed by atoms with van der Waals surface area (Å²) in [6, 6.07) is 2.23.